The van der Waals surface area contributed by atoms with Crippen molar-refractivity contribution in [3.63, 3.8) is 0 Å². The first-order valence-electron chi connectivity index (χ1n) is 6.09. The quantitative estimate of drug-likeness (QED) is 0.693. The summed E-state index contributed by atoms with van der Waals surface area (Å²) in [7, 11) is 0. The maximum atomic E-state index is 10.5. The summed E-state index contributed by atoms with van der Waals surface area (Å²) in [5.41, 5.74) is 0.951. The van der Waals surface area contributed by atoms with Crippen LogP contribution in [-0.2, 0) is 11.7 Å². The maximum absolute atomic E-state index is 10.5. The zero-order valence-corrected chi connectivity index (χ0v) is 10.2. The van der Waals surface area contributed by atoms with E-state index in [1.807, 2.05) is 30.3 Å². The molecule has 3 aromatic rings. The number of carbonyl (C=O) groups is 1. The van der Waals surface area contributed by atoms with E-state index < -0.39 is 6.09 Å². The molecule has 93 valence electrons. The van der Waals surface area contributed by atoms with E-state index in [1.165, 1.54) is 5.39 Å². The van der Waals surface area contributed by atoms with E-state index in [9.17, 15) is 9.90 Å². The van der Waals surface area contributed by atoms with Crippen molar-refractivity contribution in [2.45, 2.75) is 6.54 Å². The molecule has 19 heavy (non-hydrogen) atoms. The fraction of sp³-hybridized carbons (Fsp3) is 0.0625. The Bertz CT molecular complexity index is 765. The van der Waals surface area contributed by atoms with Gasteiger partial charge in [0, 0.05) is 6.54 Å². The van der Waals surface area contributed by atoms with Crippen LogP contribution in [0.25, 0.3) is 21.5 Å². The summed E-state index contributed by atoms with van der Waals surface area (Å²) in [6, 6.07) is 18.2. The molecular weight excluding hydrogens is 238 g/mol. The maximum Gasteiger partial charge on any atom is 0.450 e. The number of carbonyl (C=O) groups excluding carboxylic acids is 1. The lowest BCUT2D eigenvalue weighted by atomic mass is 10.00. The first-order chi connectivity index (χ1) is 9.24. The minimum absolute atomic E-state index is 0.262. The molecule has 0 aromatic heterocycles. The molecule has 0 aliphatic rings. The molecular formula is C16H12NO2. The SMILES string of the molecule is [O]C(=O)NCc1cccc2cc3ccccc3cc12. The molecule has 0 spiro atoms. The molecule has 0 unspecified atom stereocenters. The molecule has 1 radical (unpaired) electrons. The average Bonchev–Trinajstić information content (AvgIpc) is 2.42. The van der Waals surface area contributed by atoms with Crippen LogP contribution in [0.15, 0.2) is 54.6 Å². The summed E-state index contributed by atoms with van der Waals surface area (Å²) >= 11 is 0. The van der Waals surface area contributed by atoms with Gasteiger partial charge in [-0.1, -0.05) is 42.5 Å². The molecule has 0 heterocycles. The van der Waals surface area contributed by atoms with Gasteiger partial charge in [0.25, 0.3) is 0 Å². The van der Waals surface area contributed by atoms with Crippen molar-refractivity contribution in [1.82, 2.24) is 5.32 Å². The van der Waals surface area contributed by atoms with E-state index in [0.29, 0.717) is 0 Å². The van der Waals surface area contributed by atoms with Crippen molar-refractivity contribution >= 4 is 27.6 Å². The lowest BCUT2D eigenvalue weighted by Crippen LogP contribution is -2.18. The number of amides is 1. The first kappa shape index (κ1) is 11.5. The number of hydrogen-bond donors (Lipinski definition) is 1. The van der Waals surface area contributed by atoms with Gasteiger partial charge in [0.15, 0.2) is 0 Å². The number of benzene rings is 3. The molecule has 3 aromatic carbocycles. The van der Waals surface area contributed by atoms with Crippen LogP contribution in [0.5, 0.6) is 0 Å². The molecule has 0 saturated carbocycles. The Kier molecular flexibility index (Phi) is 2.80. The monoisotopic (exact) mass is 250 g/mol. The first-order valence-corrected chi connectivity index (χ1v) is 6.09. The van der Waals surface area contributed by atoms with Crippen LogP contribution < -0.4 is 5.32 Å². The predicted octanol–water partition coefficient (Wildman–Crippen LogP) is 3.63. The van der Waals surface area contributed by atoms with Crippen LogP contribution in [-0.4, -0.2) is 6.09 Å². The second-order valence-electron chi connectivity index (χ2n) is 4.48. The van der Waals surface area contributed by atoms with Crippen molar-refractivity contribution in [1.29, 1.82) is 0 Å². The zero-order valence-electron chi connectivity index (χ0n) is 10.2. The molecule has 0 aliphatic carbocycles. The smallest absolute Gasteiger partial charge is 0.314 e. The molecule has 0 saturated heterocycles. The van der Waals surface area contributed by atoms with E-state index in [4.69, 9.17) is 0 Å². The highest BCUT2D eigenvalue weighted by Gasteiger charge is 2.04. The number of nitrogens with one attached hydrogen (secondary N) is 1. The van der Waals surface area contributed by atoms with Crippen molar-refractivity contribution in [3.05, 3.63) is 60.2 Å². The van der Waals surface area contributed by atoms with E-state index in [0.717, 1.165) is 21.7 Å². The van der Waals surface area contributed by atoms with Gasteiger partial charge in [-0.2, -0.15) is 0 Å². The topological polar surface area (TPSA) is 49.0 Å². The predicted molar refractivity (Wildman–Crippen MR) is 74.4 cm³/mol. The summed E-state index contributed by atoms with van der Waals surface area (Å²) in [6.45, 7) is 0.262. The molecule has 3 rings (SSSR count). The van der Waals surface area contributed by atoms with Crippen LogP contribution in [0.1, 0.15) is 5.56 Å². The Morgan fingerprint density at radius 1 is 0.895 bits per heavy atom. The van der Waals surface area contributed by atoms with Gasteiger partial charge in [0.2, 0.25) is 0 Å². The highest BCUT2D eigenvalue weighted by molar-refractivity contribution is 5.99. The summed E-state index contributed by atoms with van der Waals surface area (Å²) in [6.07, 6.45) is -1.25. The summed E-state index contributed by atoms with van der Waals surface area (Å²) < 4.78 is 0. The van der Waals surface area contributed by atoms with Gasteiger partial charge in [0.1, 0.15) is 0 Å². The van der Waals surface area contributed by atoms with Gasteiger partial charge < -0.3 is 5.32 Å². The normalized spacial score (nSPS) is 10.7. The Balaban J connectivity index is 2.17. The lowest BCUT2D eigenvalue weighted by molar-refractivity contribution is 0.168. The van der Waals surface area contributed by atoms with Gasteiger partial charge in [0.05, 0.1) is 0 Å². The molecule has 0 aliphatic heterocycles. The van der Waals surface area contributed by atoms with Crippen molar-refractivity contribution in [2.75, 3.05) is 0 Å². The molecule has 3 heteroatoms. The largest absolute Gasteiger partial charge is 0.450 e. The summed E-state index contributed by atoms with van der Waals surface area (Å²) in [5.74, 6) is 0. The van der Waals surface area contributed by atoms with Crippen LogP contribution in [0.2, 0.25) is 0 Å². The van der Waals surface area contributed by atoms with Gasteiger partial charge in [-0.3, -0.25) is 0 Å². The van der Waals surface area contributed by atoms with Crippen molar-refractivity contribution < 1.29 is 9.90 Å². The molecule has 0 bridgehead atoms. The Morgan fingerprint density at radius 3 is 2.32 bits per heavy atom. The lowest BCUT2D eigenvalue weighted by Gasteiger charge is -2.08. The van der Waals surface area contributed by atoms with Gasteiger partial charge >= 0.3 is 6.09 Å². The number of rotatable bonds is 2. The van der Waals surface area contributed by atoms with E-state index >= 15 is 0 Å². The second-order valence-corrected chi connectivity index (χ2v) is 4.48. The molecule has 0 atom stereocenters. The fourth-order valence-corrected chi connectivity index (χ4v) is 2.35. The third kappa shape index (κ3) is 2.22. The molecule has 0 fully saturated rings. The van der Waals surface area contributed by atoms with E-state index in [1.54, 1.807) is 0 Å². The standard InChI is InChI=1S/C16H12NO2/c18-16(19)17-10-14-7-3-6-13-8-11-4-1-2-5-12(11)9-15(13)14/h1-9,17H,10H2. The molecule has 1 N–H and O–H groups in total. The van der Waals surface area contributed by atoms with Gasteiger partial charge in [-0.05, 0) is 39.2 Å². The van der Waals surface area contributed by atoms with Gasteiger partial charge in [-0.15, -0.1) is 0 Å². The summed E-state index contributed by atoms with van der Waals surface area (Å²) in [4.78, 5) is 10.5. The van der Waals surface area contributed by atoms with Crippen LogP contribution in [0, 0.1) is 0 Å². The summed E-state index contributed by atoms with van der Waals surface area (Å²) in [5, 5.41) is 17.3. The van der Waals surface area contributed by atoms with Crippen molar-refractivity contribution in [3.8, 4) is 0 Å². The van der Waals surface area contributed by atoms with Crippen LogP contribution >= 0.6 is 0 Å². The van der Waals surface area contributed by atoms with Gasteiger partial charge in [-0.25, -0.2) is 9.90 Å². The van der Waals surface area contributed by atoms with E-state index in [-0.39, 0.29) is 6.54 Å². The van der Waals surface area contributed by atoms with Crippen molar-refractivity contribution in [2.24, 2.45) is 0 Å². The fourth-order valence-electron chi connectivity index (χ4n) is 2.35. The highest BCUT2D eigenvalue weighted by Crippen LogP contribution is 2.25. The third-order valence-corrected chi connectivity index (χ3v) is 3.26. The minimum atomic E-state index is -1.25. The Morgan fingerprint density at radius 2 is 1.58 bits per heavy atom. The Labute approximate surface area is 110 Å². The number of fused-ring (bicyclic) bond motifs is 2. The second kappa shape index (κ2) is 4.61. The molecule has 1 amide bonds. The molecule has 3 nitrogen and oxygen atoms in total. The highest BCUT2D eigenvalue weighted by atomic mass is 16.4. The number of hydrogen-bond acceptors (Lipinski definition) is 1. The van der Waals surface area contributed by atoms with Crippen LogP contribution in [0.3, 0.4) is 0 Å². The van der Waals surface area contributed by atoms with E-state index in [2.05, 4.69) is 29.6 Å². The minimum Gasteiger partial charge on any atom is -0.314 e. The zero-order chi connectivity index (χ0) is 13.2. The van der Waals surface area contributed by atoms with Crippen LogP contribution in [0.4, 0.5) is 4.79 Å². The average molecular weight is 250 g/mol. The Hall–Kier alpha value is -2.55. The third-order valence-electron chi connectivity index (χ3n) is 3.26.